The van der Waals surface area contributed by atoms with Crippen molar-refractivity contribution in [2.24, 2.45) is 7.05 Å². The maximum Gasteiger partial charge on any atom is 0.198 e. The first kappa shape index (κ1) is 9.82. The fourth-order valence-corrected chi connectivity index (χ4v) is 2.08. The number of hydrogen-bond donors (Lipinski definition) is 0. The highest BCUT2D eigenvalue weighted by Gasteiger charge is 2.28. The number of fused-ring (bicyclic) bond motifs is 1. The van der Waals surface area contributed by atoms with Crippen LogP contribution >= 0.6 is 0 Å². The summed E-state index contributed by atoms with van der Waals surface area (Å²) in [6.45, 7) is 0. The van der Waals surface area contributed by atoms with Crippen molar-refractivity contribution < 1.29 is 4.42 Å². The van der Waals surface area contributed by atoms with Crippen molar-refractivity contribution in [1.82, 2.24) is 19.5 Å². The van der Waals surface area contributed by atoms with Crippen LogP contribution in [0.4, 0.5) is 0 Å². The van der Waals surface area contributed by atoms with Gasteiger partial charge < -0.3 is 8.98 Å². The average Bonchev–Trinajstić information content (AvgIpc) is 3.01. The van der Waals surface area contributed by atoms with E-state index in [1.165, 1.54) is 12.8 Å². The van der Waals surface area contributed by atoms with Gasteiger partial charge in [-0.3, -0.25) is 4.98 Å². The van der Waals surface area contributed by atoms with Crippen LogP contribution in [0.5, 0.6) is 0 Å². The van der Waals surface area contributed by atoms with Gasteiger partial charge in [0.25, 0.3) is 0 Å². The molecule has 0 aromatic carbocycles. The van der Waals surface area contributed by atoms with Crippen molar-refractivity contribution in [3.8, 4) is 11.5 Å². The lowest BCUT2D eigenvalue weighted by molar-refractivity contribution is 0.508. The highest BCUT2D eigenvalue weighted by Crippen LogP contribution is 2.40. The third-order valence-electron chi connectivity index (χ3n) is 3.31. The molecule has 4 rings (SSSR count). The SMILES string of the molecule is Cn1cnc2cc(-c3cnc(C4CC4)o3)ncc21. The van der Waals surface area contributed by atoms with Gasteiger partial charge in [-0.05, 0) is 18.9 Å². The van der Waals surface area contributed by atoms with Crippen molar-refractivity contribution >= 4 is 11.0 Å². The van der Waals surface area contributed by atoms with Crippen molar-refractivity contribution in [2.45, 2.75) is 18.8 Å². The lowest BCUT2D eigenvalue weighted by atomic mass is 10.3. The predicted octanol–water partition coefficient (Wildman–Crippen LogP) is 2.50. The minimum atomic E-state index is 0.525. The van der Waals surface area contributed by atoms with Gasteiger partial charge >= 0.3 is 0 Å². The Bertz CT molecular complexity index is 724. The van der Waals surface area contributed by atoms with E-state index in [2.05, 4.69) is 15.0 Å². The van der Waals surface area contributed by atoms with Gasteiger partial charge in [0.1, 0.15) is 5.69 Å². The van der Waals surface area contributed by atoms with Gasteiger partial charge in [-0.15, -0.1) is 0 Å². The first-order chi connectivity index (χ1) is 8.81. The molecule has 18 heavy (non-hydrogen) atoms. The molecule has 0 atom stereocenters. The maximum atomic E-state index is 5.74. The molecule has 0 bridgehead atoms. The van der Waals surface area contributed by atoms with Crippen LogP contribution in [-0.4, -0.2) is 19.5 Å². The van der Waals surface area contributed by atoms with Crippen LogP contribution in [0.3, 0.4) is 0 Å². The van der Waals surface area contributed by atoms with Gasteiger partial charge in [0.15, 0.2) is 11.7 Å². The van der Waals surface area contributed by atoms with Gasteiger partial charge in [0, 0.05) is 13.0 Å². The van der Waals surface area contributed by atoms with Crippen molar-refractivity contribution in [3.05, 3.63) is 30.7 Å². The van der Waals surface area contributed by atoms with Crippen LogP contribution in [-0.2, 0) is 7.05 Å². The topological polar surface area (TPSA) is 56.7 Å². The Labute approximate surface area is 103 Å². The van der Waals surface area contributed by atoms with Gasteiger partial charge in [-0.2, -0.15) is 0 Å². The van der Waals surface area contributed by atoms with E-state index in [4.69, 9.17) is 4.42 Å². The van der Waals surface area contributed by atoms with E-state index in [0.29, 0.717) is 5.92 Å². The average molecular weight is 240 g/mol. The third kappa shape index (κ3) is 1.44. The fraction of sp³-hybridized carbons (Fsp3) is 0.308. The molecule has 1 fully saturated rings. The molecule has 0 amide bonds. The smallest absolute Gasteiger partial charge is 0.198 e. The van der Waals surface area contributed by atoms with E-state index >= 15 is 0 Å². The Balaban J connectivity index is 1.80. The molecule has 0 unspecified atom stereocenters. The molecular weight excluding hydrogens is 228 g/mol. The zero-order chi connectivity index (χ0) is 12.1. The second-order valence-corrected chi connectivity index (χ2v) is 4.75. The largest absolute Gasteiger partial charge is 0.439 e. The molecule has 3 aromatic rings. The highest BCUT2D eigenvalue weighted by atomic mass is 16.4. The number of oxazole rings is 1. The molecule has 0 aliphatic heterocycles. The molecule has 0 spiro atoms. The number of aryl methyl sites for hydroxylation is 1. The van der Waals surface area contributed by atoms with Crippen LogP contribution < -0.4 is 0 Å². The molecule has 1 aliphatic rings. The fourth-order valence-electron chi connectivity index (χ4n) is 2.08. The van der Waals surface area contributed by atoms with Crippen molar-refractivity contribution in [2.75, 3.05) is 0 Å². The maximum absolute atomic E-state index is 5.74. The van der Waals surface area contributed by atoms with Gasteiger partial charge in [0.2, 0.25) is 0 Å². The summed E-state index contributed by atoms with van der Waals surface area (Å²) in [7, 11) is 1.95. The first-order valence-corrected chi connectivity index (χ1v) is 6.04. The van der Waals surface area contributed by atoms with Crippen LogP contribution in [0, 0.1) is 0 Å². The normalized spacial score (nSPS) is 15.4. The lowest BCUT2D eigenvalue weighted by Gasteiger charge is -1.97. The molecule has 0 saturated heterocycles. The minimum absolute atomic E-state index is 0.525. The third-order valence-corrected chi connectivity index (χ3v) is 3.31. The van der Waals surface area contributed by atoms with E-state index in [1.54, 1.807) is 12.5 Å². The quantitative estimate of drug-likeness (QED) is 0.690. The summed E-state index contributed by atoms with van der Waals surface area (Å²) < 4.78 is 7.69. The second kappa shape index (κ2) is 3.41. The number of nitrogens with zero attached hydrogens (tertiary/aromatic N) is 4. The molecular formula is C13H12N4O. The second-order valence-electron chi connectivity index (χ2n) is 4.75. The zero-order valence-electron chi connectivity index (χ0n) is 10.00. The van der Waals surface area contributed by atoms with Gasteiger partial charge in [0.05, 0.1) is 29.8 Å². The number of imidazole rings is 1. The van der Waals surface area contributed by atoms with Crippen LogP contribution in [0.25, 0.3) is 22.5 Å². The summed E-state index contributed by atoms with van der Waals surface area (Å²) in [6, 6.07) is 1.94. The molecule has 3 heterocycles. The van der Waals surface area contributed by atoms with E-state index in [-0.39, 0.29) is 0 Å². The summed E-state index contributed by atoms with van der Waals surface area (Å²) in [5, 5.41) is 0. The van der Waals surface area contributed by atoms with Crippen molar-refractivity contribution in [3.63, 3.8) is 0 Å². The van der Waals surface area contributed by atoms with Crippen LogP contribution in [0.15, 0.2) is 29.2 Å². The Morgan fingerprint density at radius 1 is 1.22 bits per heavy atom. The Morgan fingerprint density at radius 3 is 2.94 bits per heavy atom. The summed E-state index contributed by atoms with van der Waals surface area (Å²) >= 11 is 0. The molecule has 0 N–H and O–H groups in total. The summed E-state index contributed by atoms with van der Waals surface area (Å²) in [6.07, 6.45) is 7.73. The molecule has 1 saturated carbocycles. The molecule has 90 valence electrons. The molecule has 1 aliphatic carbocycles. The minimum Gasteiger partial charge on any atom is -0.439 e. The number of rotatable bonds is 2. The summed E-state index contributed by atoms with van der Waals surface area (Å²) in [4.78, 5) is 13.0. The van der Waals surface area contributed by atoms with E-state index in [9.17, 15) is 0 Å². The lowest BCUT2D eigenvalue weighted by Crippen LogP contribution is -1.86. The number of aromatic nitrogens is 4. The molecule has 3 aromatic heterocycles. The van der Waals surface area contributed by atoms with Crippen LogP contribution in [0.1, 0.15) is 24.7 Å². The van der Waals surface area contributed by atoms with Gasteiger partial charge in [-0.1, -0.05) is 0 Å². The highest BCUT2D eigenvalue weighted by molar-refractivity contribution is 5.78. The molecule has 0 radical (unpaired) electrons. The Morgan fingerprint density at radius 2 is 2.11 bits per heavy atom. The Kier molecular flexibility index (Phi) is 1.86. The standard InChI is InChI=1S/C13H12N4O/c1-17-7-16-9-4-10(14-5-11(9)17)12-6-15-13(18-12)8-2-3-8/h4-8H,2-3H2,1H3. The van der Waals surface area contributed by atoms with E-state index in [1.807, 2.05) is 23.9 Å². The summed E-state index contributed by atoms with van der Waals surface area (Å²) in [5.41, 5.74) is 2.73. The van der Waals surface area contributed by atoms with E-state index < -0.39 is 0 Å². The first-order valence-electron chi connectivity index (χ1n) is 6.04. The predicted molar refractivity (Wildman–Crippen MR) is 66.0 cm³/mol. The Hall–Kier alpha value is -2.17. The van der Waals surface area contributed by atoms with Crippen molar-refractivity contribution in [1.29, 1.82) is 0 Å². The monoisotopic (exact) mass is 240 g/mol. The van der Waals surface area contributed by atoms with Crippen LogP contribution in [0.2, 0.25) is 0 Å². The molecule has 5 heteroatoms. The van der Waals surface area contributed by atoms with E-state index in [0.717, 1.165) is 28.4 Å². The summed E-state index contributed by atoms with van der Waals surface area (Å²) in [5.74, 6) is 2.09. The number of hydrogen-bond acceptors (Lipinski definition) is 4. The number of pyridine rings is 1. The zero-order valence-corrected chi connectivity index (χ0v) is 10.00. The molecule has 5 nitrogen and oxygen atoms in total. The van der Waals surface area contributed by atoms with Gasteiger partial charge in [-0.25, -0.2) is 9.97 Å².